The van der Waals surface area contributed by atoms with E-state index < -0.39 is 15.9 Å². The van der Waals surface area contributed by atoms with Gasteiger partial charge >= 0.3 is 0 Å². The van der Waals surface area contributed by atoms with E-state index in [0.717, 1.165) is 16.7 Å². The van der Waals surface area contributed by atoms with Crippen LogP contribution in [0.3, 0.4) is 0 Å². The second-order valence-electron chi connectivity index (χ2n) is 7.65. The highest BCUT2D eigenvalue weighted by Gasteiger charge is 2.31. The van der Waals surface area contributed by atoms with Gasteiger partial charge in [0.05, 0.1) is 23.3 Å². The zero-order valence-electron chi connectivity index (χ0n) is 17.7. The Kier molecular flexibility index (Phi) is 5.45. The molecule has 0 saturated heterocycles. The quantitative estimate of drug-likeness (QED) is 0.646. The Bertz CT molecular complexity index is 1250. The molecular weight excluding hydrogens is 412 g/mol. The van der Waals surface area contributed by atoms with E-state index in [9.17, 15) is 13.2 Å². The van der Waals surface area contributed by atoms with Gasteiger partial charge in [-0.05, 0) is 73.4 Å². The van der Waals surface area contributed by atoms with E-state index >= 15 is 0 Å². The molecule has 4 rings (SSSR count). The Morgan fingerprint density at radius 2 is 1.71 bits per heavy atom. The van der Waals surface area contributed by atoms with Crippen LogP contribution in [0.2, 0.25) is 0 Å². The normalized spacial score (nSPS) is 13.1. The zero-order chi connectivity index (χ0) is 22.2. The highest BCUT2D eigenvalue weighted by molar-refractivity contribution is 7.92. The van der Waals surface area contributed by atoms with Gasteiger partial charge in [-0.15, -0.1) is 0 Å². The topological polar surface area (TPSA) is 75.7 Å². The molecular formula is C24H24N2O4S. The standard InChI is InChI=1S/C24H24N2O4S/c1-16-12-17(2)14-19(13-16)25-24(27)21-15-20(8-9-23(21)30-3)31(28,29)26-11-10-18-6-4-5-7-22(18)26/h4-9,12-15H,10-11H2,1-3H3,(H,25,27). The molecule has 0 spiro atoms. The molecule has 0 saturated carbocycles. The van der Waals surface area contributed by atoms with Crippen molar-refractivity contribution in [2.75, 3.05) is 23.3 Å². The number of hydrogen-bond acceptors (Lipinski definition) is 4. The summed E-state index contributed by atoms with van der Waals surface area (Å²) >= 11 is 0. The summed E-state index contributed by atoms with van der Waals surface area (Å²) in [6.45, 7) is 4.27. The molecule has 0 atom stereocenters. The lowest BCUT2D eigenvalue weighted by molar-refractivity contribution is 0.102. The number of nitrogens with one attached hydrogen (secondary N) is 1. The fourth-order valence-electron chi connectivity index (χ4n) is 3.96. The first-order valence-corrected chi connectivity index (χ1v) is 11.4. The molecule has 0 radical (unpaired) electrons. The maximum absolute atomic E-state index is 13.4. The number of nitrogens with zero attached hydrogens (tertiary/aromatic N) is 1. The third-order valence-corrected chi connectivity index (χ3v) is 7.14. The first-order valence-electron chi connectivity index (χ1n) is 9.98. The first kappa shape index (κ1) is 20.9. The van der Waals surface area contributed by atoms with Gasteiger partial charge in [0, 0.05) is 12.2 Å². The fourth-order valence-corrected chi connectivity index (χ4v) is 5.49. The molecule has 1 aliphatic rings. The van der Waals surface area contributed by atoms with Crippen LogP contribution in [0.25, 0.3) is 0 Å². The molecule has 0 fully saturated rings. The van der Waals surface area contributed by atoms with Crippen LogP contribution in [-0.4, -0.2) is 28.0 Å². The number of ether oxygens (including phenoxy) is 1. The number of benzene rings is 3. The van der Waals surface area contributed by atoms with Gasteiger partial charge in [-0.2, -0.15) is 0 Å². The molecule has 7 heteroatoms. The van der Waals surface area contributed by atoms with E-state index in [4.69, 9.17) is 4.74 Å². The van der Waals surface area contributed by atoms with Crippen molar-refractivity contribution < 1.29 is 17.9 Å². The molecule has 160 valence electrons. The van der Waals surface area contributed by atoms with Crippen LogP contribution in [0.1, 0.15) is 27.0 Å². The summed E-state index contributed by atoms with van der Waals surface area (Å²) in [5.74, 6) is -0.122. The number of fused-ring (bicyclic) bond motifs is 1. The predicted octanol–water partition coefficient (Wildman–Crippen LogP) is 4.32. The van der Waals surface area contributed by atoms with Crippen molar-refractivity contribution in [1.29, 1.82) is 0 Å². The van der Waals surface area contributed by atoms with Crippen molar-refractivity contribution in [3.63, 3.8) is 0 Å². The maximum atomic E-state index is 13.4. The van der Waals surface area contributed by atoms with Crippen molar-refractivity contribution in [3.05, 3.63) is 82.9 Å². The number of amides is 1. The second kappa shape index (κ2) is 8.07. The molecule has 1 amide bonds. The van der Waals surface area contributed by atoms with E-state index in [-0.39, 0.29) is 10.5 Å². The minimum Gasteiger partial charge on any atom is -0.496 e. The van der Waals surface area contributed by atoms with E-state index in [2.05, 4.69) is 5.32 Å². The minimum absolute atomic E-state index is 0.0515. The Balaban J connectivity index is 1.70. The lowest BCUT2D eigenvalue weighted by Gasteiger charge is -2.20. The SMILES string of the molecule is COc1ccc(S(=O)(=O)N2CCc3ccccc32)cc1C(=O)Nc1cc(C)cc(C)c1. The second-order valence-corrected chi connectivity index (χ2v) is 9.51. The average Bonchev–Trinajstić information content (AvgIpc) is 3.17. The molecule has 3 aromatic carbocycles. The van der Waals surface area contributed by atoms with Crippen LogP contribution in [0.5, 0.6) is 5.75 Å². The fraction of sp³-hybridized carbons (Fsp3) is 0.208. The van der Waals surface area contributed by atoms with E-state index in [0.29, 0.717) is 30.1 Å². The number of para-hydroxylation sites is 1. The minimum atomic E-state index is -3.82. The van der Waals surface area contributed by atoms with E-state index in [1.807, 2.05) is 50.2 Å². The van der Waals surface area contributed by atoms with Crippen LogP contribution in [0.15, 0.2) is 65.6 Å². The lowest BCUT2D eigenvalue weighted by atomic mass is 10.1. The molecule has 1 heterocycles. The molecule has 0 aromatic heterocycles. The number of sulfonamides is 1. The Morgan fingerprint density at radius 3 is 2.42 bits per heavy atom. The van der Waals surface area contributed by atoms with Crippen molar-refractivity contribution in [3.8, 4) is 5.75 Å². The zero-order valence-corrected chi connectivity index (χ0v) is 18.5. The Morgan fingerprint density at radius 1 is 1.00 bits per heavy atom. The predicted molar refractivity (Wildman–Crippen MR) is 122 cm³/mol. The van der Waals surface area contributed by atoms with Gasteiger partial charge in [0.25, 0.3) is 15.9 Å². The van der Waals surface area contributed by atoms with Crippen LogP contribution >= 0.6 is 0 Å². The summed E-state index contributed by atoms with van der Waals surface area (Å²) in [5, 5.41) is 2.85. The largest absolute Gasteiger partial charge is 0.496 e. The van der Waals surface area contributed by atoms with Gasteiger partial charge in [0.2, 0.25) is 0 Å². The third-order valence-electron chi connectivity index (χ3n) is 5.33. The molecule has 0 aliphatic carbocycles. The molecule has 1 aliphatic heterocycles. The van der Waals surface area contributed by atoms with E-state index in [1.54, 1.807) is 6.07 Å². The highest BCUT2D eigenvalue weighted by Crippen LogP contribution is 2.34. The maximum Gasteiger partial charge on any atom is 0.264 e. The summed E-state index contributed by atoms with van der Waals surface area (Å²) in [5.41, 5.74) is 4.52. The first-order chi connectivity index (χ1) is 14.8. The lowest BCUT2D eigenvalue weighted by Crippen LogP contribution is -2.29. The van der Waals surface area contributed by atoms with Crippen molar-refractivity contribution in [2.24, 2.45) is 0 Å². The molecule has 1 N–H and O–H groups in total. The monoisotopic (exact) mass is 436 g/mol. The number of rotatable bonds is 5. The molecule has 3 aromatic rings. The van der Waals surface area contributed by atoms with Crippen molar-refractivity contribution in [1.82, 2.24) is 0 Å². The van der Waals surface area contributed by atoms with Gasteiger partial charge in [-0.25, -0.2) is 8.42 Å². The summed E-state index contributed by atoms with van der Waals surface area (Å²) in [7, 11) is -2.37. The number of anilines is 2. The van der Waals surface area contributed by atoms with Crippen LogP contribution in [0, 0.1) is 13.8 Å². The smallest absolute Gasteiger partial charge is 0.264 e. The Hall–Kier alpha value is -3.32. The number of hydrogen-bond donors (Lipinski definition) is 1. The molecule has 0 unspecified atom stereocenters. The summed E-state index contributed by atoms with van der Waals surface area (Å²) in [4.78, 5) is 13.1. The van der Waals surface area contributed by atoms with Gasteiger partial charge in [0.1, 0.15) is 5.75 Å². The number of carbonyl (C=O) groups excluding carboxylic acids is 1. The van der Waals surface area contributed by atoms with Crippen molar-refractivity contribution >= 4 is 27.3 Å². The number of carbonyl (C=O) groups is 1. The van der Waals surface area contributed by atoms with Crippen molar-refractivity contribution in [2.45, 2.75) is 25.2 Å². The molecule has 31 heavy (non-hydrogen) atoms. The Labute approximate surface area is 182 Å². The summed E-state index contributed by atoms with van der Waals surface area (Å²) in [6.07, 6.45) is 0.658. The average molecular weight is 437 g/mol. The summed E-state index contributed by atoms with van der Waals surface area (Å²) < 4.78 is 33.5. The van der Waals surface area contributed by atoms with E-state index in [1.165, 1.54) is 29.6 Å². The molecule has 6 nitrogen and oxygen atoms in total. The number of methoxy groups -OCH3 is 1. The third kappa shape index (κ3) is 4.01. The summed E-state index contributed by atoms with van der Waals surface area (Å²) in [6, 6.07) is 17.6. The highest BCUT2D eigenvalue weighted by atomic mass is 32.2. The number of aryl methyl sites for hydroxylation is 2. The van der Waals surface area contributed by atoms with Gasteiger partial charge in [-0.1, -0.05) is 24.3 Å². The van der Waals surface area contributed by atoms with Crippen LogP contribution < -0.4 is 14.4 Å². The van der Waals surface area contributed by atoms with Gasteiger partial charge in [-0.3, -0.25) is 9.10 Å². The molecule has 0 bridgehead atoms. The van der Waals surface area contributed by atoms with Gasteiger partial charge < -0.3 is 10.1 Å². The van der Waals surface area contributed by atoms with Crippen LogP contribution in [0.4, 0.5) is 11.4 Å². The van der Waals surface area contributed by atoms with Crippen LogP contribution in [-0.2, 0) is 16.4 Å². The van der Waals surface area contributed by atoms with Gasteiger partial charge in [0.15, 0.2) is 0 Å².